The summed E-state index contributed by atoms with van der Waals surface area (Å²) in [5, 5.41) is 0.371. The molecule has 2 rings (SSSR count). The molecule has 0 amide bonds. The van der Waals surface area contributed by atoms with Crippen LogP contribution in [0.25, 0.3) is 11.3 Å². The molecular formula is C15H15ClF3N3O. The Morgan fingerprint density at radius 2 is 2.00 bits per heavy atom. The fourth-order valence-corrected chi connectivity index (χ4v) is 2.31. The zero-order valence-corrected chi connectivity index (χ0v) is 13.1. The molecule has 1 aromatic heterocycles. The maximum atomic E-state index is 12.2. The second-order valence-electron chi connectivity index (χ2n) is 4.93. The fraction of sp³-hybridized carbons (Fsp3) is 0.333. The van der Waals surface area contributed by atoms with Gasteiger partial charge >= 0.3 is 6.18 Å². The predicted molar refractivity (Wildman–Crippen MR) is 82.4 cm³/mol. The van der Waals surface area contributed by atoms with Gasteiger partial charge in [0, 0.05) is 12.1 Å². The Hall–Kier alpha value is -2.02. The molecule has 1 aromatic carbocycles. The first-order chi connectivity index (χ1) is 10.8. The van der Waals surface area contributed by atoms with Gasteiger partial charge in [0.25, 0.3) is 0 Å². The zero-order valence-electron chi connectivity index (χ0n) is 12.3. The monoisotopic (exact) mass is 345 g/mol. The van der Waals surface area contributed by atoms with E-state index in [4.69, 9.17) is 22.1 Å². The minimum atomic E-state index is -4.20. The number of rotatable bonds is 5. The summed E-state index contributed by atoms with van der Waals surface area (Å²) in [6.45, 7) is 1.68. The Morgan fingerprint density at radius 1 is 1.26 bits per heavy atom. The summed E-state index contributed by atoms with van der Waals surface area (Å²) in [4.78, 5) is 8.09. The highest BCUT2D eigenvalue weighted by molar-refractivity contribution is 6.33. The number of halogens is 4. The number of anilines is 1. The van der Waals surface area contributed by atoms with E-state index < -0.39 is 12.6 Å². The molecule has 124 valence electrons. The number of nitrogens with two attached hydrogens (primary N) is 1. The van der Waals surface area contributed by atoms with Gasteiger partial charge in [0.1, 0.15) is 5.75 Å². The molecule has 0 saturated heterocycles. The summed E-state index contributed by atoms with van der Waals surface area (Å²) in [7, 11) is 0. The second kappa shape index (κ2) is 7.04. The first-order valence-electron chi connectivity index (χ1n) is 6.86. The van der Waals surface area contributed by atoms with Crippen molar-refractivity contribution >= 4 is 17.5 Å². The third-order valence-corrected chi connectivity index (χ3v) is 3.28. The third-order valence-electron chi connectivity index (χ3n) is 2.97. The fourth-order valence-electron chi connectivity index (χ4n) is 2.05. The molecule has 0 saturated carbocycles. The molecule has 0 aliphatic heterocycles. The lowest BCUT2D eigenvalue weighted by molar-refractivity contribution is -0.136. The van der Waals surface area contributed by atoms with Crippen LogP contribution in [0.4, 0.5) is 19.1 Å². The van der Waals surface area contributed by atoms with Gasteiger partial charge in [-0.15, -0.1) is 0 Å². The largest absolute Gasteiger partial charge is 0.493 e. The maximum Gasteiger partial charge on any atom is 0.389 e. The normalized spacial score (nSPS) is 11.5. The van der Waals surface area contributed by atoms with Crippen molar-refractivity contribution < 1.29 is 17.9 Å². The van der Waals surface area contributed by atoms with Crippen LogP contribution in [0, 0.1) is 6.92 Å². The van der Waals surface area contributed by atoms with E-state index in [1.165, 1.54) is 0 Å². The molecule has 2 N–H and O–H groups in total. The average Bonchev–Trinajstić information content (AvgIpc) is 2.41. The van der Waals surface area contributed by atoms with Gasteiger partial charge in [-0.2, -0.15) is 13.2 Å². The molecule has 23 heavy (non-hydrogen) atoms. The van der Waals surface area contributed by atoms with Gasteiger partial charge in [-0.25, -0.2) is 9.97 Å². The first kappa shape index (κ1) is 17.3. The number of hydrogen-bond acceptors (Lipinski definition) is 4. The molecule has 4 nitrogen and oxygen atoms in total. The molecule has 0 unspecified atom stereocenters. The van der Waals surface area contributed by atoms with E-state index in [-0.39, 0.29) is 19.0 Å². The molecule has 0 spiro atoms. The van der Waals surface area contributed by atoms with Crippen LogP contribution in [0.5, 0.6) is 5.75 Å². The van der Waals surface area contributed by atoms with Gasteiger partial charge in [0.15, 0.2) is 0 Å². The molecule has 0 bridgehead atoms. The summed E-state index contributed by atoms with van der Waals surface area (Å²) in [6.07, 6.45) is -5.23. The second-order valence-corrected chi connectivity index (χ2v) is 5.34. The summed E-state index contributed by atoms with van der Waals surface area (Å²) in [5.74, 6) is 0.445. The van der Waals surface area contributed by atoms with Gasteiger partial charge in [-0.3, -0.25) is 0 Å². The first-order valence-corrected chi connectivity index (χ1v) is 7.23. The molecular weight excluding hydrogens is 331 g/mol. The number of hydrogen-bond donors (Lipinski definition) is 1. The van der Waals surface area contributed by atoms with Crippen LogP contribution < -0.4 is 10.5 Å². The summed E-state index contributed by atoms with van der Waals surface area (Å²) in [6, 6.07) is 6.61. The number of nitrogens with zero attached hydrogens (tertiary/aromatic N) is 2. The standard InChI is InChI=1S/C15H15ClF3N3O/c1-9-8-11(22-14(20)21-9)13-10(16)4-2-5-12(13)23-7-3-6-15(17,18)19/h2,4-5,8H,3,6-7H2,1H3,(H2,20,21,22). The van der Waals surface area contributed by atoms with E-state index in [1.54, 1.807) is 31.2 Å². The molecule has 0 radical (unpaired) electrons. The summed E-state index contributed by atoms with van der Waals surface area (Å²) in [5.41, 5.74) is 7.23. The Balaban J connectivity index is 2.23. The van der Waals surface area contributed by atoms with E-state index in [1.807, 2.05) is 0 Å². The Morgan fingerprint density at radius 3 is 2.65 bits per heavy atom. The van der Waals surface area contributed by atoms with Crippen LogP contribution in [-0.4, -0.2) is 22.8 Å². The van der Waals surface area contributed by atoms with Crippen molar-refractivity contribution in [1.82, 2.24) is 9.97 Å². The van der Waals surface area contributed by atoms with Crippen LogP contribution in [0.15, 0.2) is 24.3 Å². The smallest absolute Gasteiger partial charge is 0.389 e. The van der Waals surface area contributed by atoms with Crippen LogP contribution in [0.2, 0.25) is 5.02 Å². The highest BCUT2D eigenvalue weighted by atomic mass is 35.5. The van der Waals surface area contributed by atoms with E-state index in [0.717, 1.165) is 0 Å². The number of ether oxygens (including phenoxy) is 1. The minimum absolute atomic E-state index is 0.0770. The lowest BCUT2D eigenvalue weighted by atomic mass is 10.1. The van der Waals surface area contributed by atoms with E-state index in [9.17, 15) is 13.2 Å². The lowest BCUT2D eigenvalue weighted by Gasteiger charge is -2.13. The molecule has 0 atom stereocenters. The number of aromatic nitrogens is 2. The summed E-state index contributed by atoms with van der Waals surface area (Å²) < 4.78 is 42.0. The van der Waals surface area contributed by atoms with Crippen LogP contribution in [-0.2, 0) is 0 Å². The molecule has 0 fully saturated rings. The van der Waals surface area contributed by atoms with Crippen LogP contribution in [0.3, 0.4) is 0 Å². The van der Waals surface area contributed by atoms with Crippen LogP contribution in [0.1, 0.15) is 18.5 Å². The Labute approximate surface area is 136 Å². The van der Waals surface area contributed by atoms with E-state index in [0.29, 0.717) is 27.7 Å². The predicted octanol–water partition coefficient (Wildman–Crippen LogP) is 4.41. The topological polar surface area (TPSA) is 61.0 Å². The molecule has 2 aromatic rings. The minimum Gasteiger partial charge on any atom is -0.493 e. The highest BCUT2D eigenvalue weighted by Crippen LogP contribution is 2.36. The summed E-state index contributed by atoms with van der Waals surface area (Å²) >= 11 is 6.19. The zero-order chi connectivity index (χ0) is 17.0. The Kier molecular flexibility index (Phi) is 5.30. The van der Waals surface area contributed by atoms with Crippen molar-refractivity contribution in [3.63, 3.8) is 0 Å². The van der Waals surface area contributed by atoms with Crippen LogP contribution >= 0.6 is 11.6 Å². The average molecular weight is 346 g/mol. The SMILES string of the molecule is Cc1cc(-c2c(Cl)cccc2OCCCC(F)(F)F)nc(N)n1. The van der Waals surface area contributed by atoms with Gasteiger partial charge in [-0.1, -0.05) is 17.7 Å². The van der Waals surface area contributed by atoms with Crippen molar-refractivity contribution in [2.45, 2.75) is 25.9 Å². The molecule has 0 aliphatic carbocycles. The van der Waals surface area contributed by atoms with E-state index >= 15 is 0 Å². The quantitative estimate of drug-likeness (QED) is 0.815. The van der Waals surface area contributed by atoms with E-state index in [2.05, 4.69) is 9.97 Å². The van der Waals surface area contributed by atoms with Gasteiger partial charge < -0.3 is 10.5 Å². The van der Waals surface area contributed by atoms with Crippen molar-refractivity contribution in [3.8, 4) is 17.0 Å². The number of benzene rings is 1. The van der Waals surface area contributed by atoms with Gasteiger partial charge in [0.2, 0.25) is 5.95 Å². The molecule has 8 heteroatoms. The maximum absolute atomic E-state index is 12.2. The van der Waals surface area contributed by atoms with Crippen molar-refractivity contribution in [2.75, 3.05) is 12.3 Å². The number of nitrogen functional groups attached to an aromatic ring is 1. The van der Waals surface area contributed by atoms with Gasteiger partial charge in [0.05, 0.1) is 22.9 Å². The number of aryl methyl sites for hydroxylation is 1. The van der Waals surface area contributed by atoms with Crippen molar-refractivity contribution in [2.24, 2.45) is 0 Å². The lowest BCUT2D eigenvalue weighted by Crippen LogP contribution is -2.10. The highest BCUT2D eigenvalue weighted by Gasteiger charge is 2.26. The van der Waals surface area contributed by atoms with Gasteiger partial charge in [-0.05, 0) is 31.5 Å². The Bertz CT molecular complexity index is 672. The van der Waals surface area contributed by atoms with Crippen molar-refractivity contribution in [3.05, 3.63) is 35.0 Å². The molecule has 1 heterocycles. The number of alkyl halides is 3. The molecule has 0 aliphatic rings. The third kappa shape index (κ3) is 4.99. The van der Waals surface area contributed by atoms with Crippen molar-refractivity contribution in [1.29, 1.82) is 0 Å².